The molecule has 15 heavy (non-hydrogen) atoms. The maximum atomic E-state index is 10.7. The molecule has 0 saturated carbocycles. The summed E-state index contributed by atoms with van der Waals surface area (Å²) >= 11 is 0. The van der Waals surface area contributed by atoms with E-state index in [4.69, 9.17) is 11.0 Å². The van der Waals surface area contributed by atoms with E-state index in [0.29, 0.717) is 5.56 Å². The topological polar surface area (TPSA) is 78.9 Å². The van der Waals surface area contributed by atoms with Gasteiger partial charge < -0.3 is 11.1 Å². The highest BCUT2D eigenvalue weighted by Gasteiger charge is 2.05. The molecular weight excluding hydrogens is 190 g/mol. The Hall–Kier alpha value is -2.02. The van der Waals surface area contributed by atoms with Gasteiger partial charge in [-0.15, -0.1) is 0 Å². The number of carbonyl (C=O) groups is 1. The first-order chi connectivity index (χ1) is 7.11. The van der Waals surface area contributed by atoms with E-state index >= 15 is 0 Å². The third kappa shape index (κ3) is 3.69. The summed E-state index contributed by atoms with van der Waals surface area (Å²) in [5.41, 5.74) is 6.48. The molecule has 1 aromatic rings. The molecule has 0 fully saturated rings. The number of amides is 1. The van der Waals surface area contributed by atoms with Crippen molar-refractivity contribution in [2.45, 2.75) is 19.4 Å². The summed E-state index contributed by atoms with van der Waals surface area (Å²) in [7, 11) is 0. The minimum absolute atomic E-state index is 0.0311. The first-order valence-electron chi connectivity index (χ1n) is 4.67. The number of nitrogens with zero attached hydrogens (tertiary/aromatic N) is 1. The fourth-order valence-corrected chi connectivity index (χ4v) is 1.32. The molecule has 78 valence electrons. The highest BCUT2D eigenvalue weighted by Crippen LogP contribution is 2.11. The maximum absolute atomic E-state index is 10.7. The quantitative estimate of drug-likeness (QED) is 0.772. The zero-order valence-electron chi connectivity index (χ0n) is 8.53. The van der Waals surface area contributed by atoms with Gasteiger partial charge in [0.15, 0.2) is 0 Å². The Kier molecular flexibility index (Phi) is 3.69. The molecule has 0 radical (unpaired) electrons. The summed E-state index contributed by atoms with van der Waals surface area (Å²) in [4.78, 5) is 10.7. The molecule has 0 aliphatic rings. The van der Waals surface area contributed by atoms with Crippen LogP contribution < -0.4 is 11.1 Å². The summed E-state index contributed by atoms with van der Waals surface area (Å²) in [5.74, 6) is -0.341. The van der Waals surface area contributed by atoms with Gasteiger partial charge in [-0.3, -0.25) is 4.79 Å². The highest BCUT2D eigenvalue weighted by atomic mass is 16.1. The van der Waals surface area contributed by atoms with Crippen LogP contribution in [0.4, 0.5) is 5.69 Å². The lowest BCUT2D eigenvalue weighted by Crippen LogP contribution is -2.23. The van der Waals surface area contributed by atoms with Crippen molar-refractivity contribution >= 4 is 11.6 Å². The van der Waals surface area contributed by atoms with Gasteiger partial charge in [0.25, 0.3) is 0 Å². The van der Waals surface area contributed by atoms with Crippen LogP contribution in [0.5, 0.6) is 0 Å². The summed E-state index contributed by atoms with van der Waals surface area (Å²) < 4.78 is 0. The number of hydrogen-bond acceptors (Lipinski definition) is 3. The number of hydrogen-bond donors (Lipinski definition) is 2. The van der Waals surface area contributed by atoms with Gasteiger partial charge in [-0.25, -0.2) is 0 Å². The minimum atomic E-state index is -0.341. The fraction of sp³-hybridized carbons (Fsp3) is 0.273. The van der Waals surface area contributed by atoms with Gasteiger partial charge in [0.1, 0.15) is 0 Å². The number of anilines is 1. The molecule has 0 aliphatic carbocycles. The van der Waals surface area contributed by atoms with Crippen LogP contribution in [0.1, 0.15) is 18.9 Å². The number of rotatable bonds is 4. The zero-order valence-corrected chi connectivity index (χ0v) is 8.53. The second kappa shape index (κ2) is 5.01. The molecule has 4 heteroatoms. The van der Waals surface area contributed by atoms with Crippen LogP contribution in [0.3, 0.4) is 0 Å². The number of nitrogens with two attached hydrogens (primary N) is 1. The van der Waals surface area contributed by atoms with E-state index in [0.717, 1.165) is 5.69 Å². The Bertz CT molecular complexity index is 395. The van der Waals surface area contributed by atoms with Gasteiger partial charge in [0, 0.05) is 18.2 Å². The largest absolute Gasteiger partial charge is 0.382 e. The molecule has 0 saturated heterocycles. The molecule has 3 N–H and O–H groups in total. The summed E-state index contributed by atoms with van der Waals surface area (Å²) in [6, 6.07) is 9.11. The lowest BCUT2D eigenvalue weighted by Gasteiger charge is -2.13. The van der Waals surface area contributed by atoms with Crippen molar-refractivity contribution in [1.29, 1.82) is 5.26 Å². The molecule has 0 spiro atoms. The maximum Gasteiger partial charge on any atom is 0.219 e. The number of carbonyl (C=O) groups excluding carboxylic acids is 1. The van der Waals surface area contributed by atoms with Crippen molar-refractivity contribution in [3.05, 3.63) is 29.8 Å². The SMILES string of the molecule is CC(CC(N)=O)Nc1cccc(C#N)c1. The Balaban J connectivity index is 2.64. The van der Waals surface area contributed by atoms with Gasteiger partial charge in [-0.2, -0.15) is 5.26 Å². The molecule has 0 heterocycles. The first kappa shape index (κ1) is 11.1. The van der Waals surface area contributed by atoms with Gasteiger partial charge >= 0.3 is 0 Å². The Morgan fingerprint density at radius 2 is 2.40 bits per heavy atom. The molecule has 0 aliphatic heterocycles. The van der Waals surface area contributed by atoms with Gasteiger partial charge in [-0.1, -0.05) is 6.07 Å². The smallest absolute Gasteiger partial charge is 0.219 e. The summed E-state index contributed by atoms with van der Waals surface area (Å²) in [5, 5.41) is 11.8. The number of benzene rings is 1. The third-order valence-electron chi connectivity index (χ3n) is 1.91. The molecule has 0 bridgehead atoms. The Labute approximate surface area is 88.7 Å². The predicted octanol–water partition coefficient (Wildman–Crippen LogP) is 1.23. The molecule has 1 rings (SSSR count). The van der Waals surface area contributed by atoms with E-state index in [1.54, 1.807) is 18.2 Å². The van der Waals surface area contributed by atoms with E-state index in [1.807, 2.05) is 19.1 Å². The molecule has 1 atom stereocenters. The Morgan fingerprint density at radius 3 is 3.00 bits per heavy atom. The standard InChI is InChI=1S/C11H13N3O/c1-8(5-11(13)15)14-10-4-2-3-9(6-10)7-12/h2-4,6,8,14H,5H2,1H3,(H2,13,15). The zero-order chi connectivity index (χ0) is 11.3. The number of nitrogens with one attached hydrogen (secondary N) is 1. The van der Waals surface area contributed by atoms with E-state index < -0.39 is 0 Å². The van der Waals surface area contributed by atoms with Crippen LogP contribution in [0.2, 0.25) is 0 Å². The molecular formula is C11H13N3O. The average Bonchev–Trinajstić information content (AvgIpc) is 2.16. The van der Waals surface area contributed by atoms with Crippen LogP contribution >= 0.6 is 0 Å². The second-order valence-corrected chi connectivity index (χ2v) is 3.41. The van der Waals surface area contributed by atoms with Gasteiger partial charge in [0.2, 0.25) is 5.91 Å². The van der Waals surface area contributed by atoms with Gasteiger partial charge in [0.05, 0.1) is 11.6 Å². The highest BCUT2D eigenvalue weighted by molar-refractivity contribution is 5.74. The van der Waals surface area contributed by atoms with Crippen molar-refractivity contribution in [1.82, 2.24) is 0 Å². The van der Waals surface area contributed by atoms with Crippen molar-refractivity contribution in [2.24, 2.45) is 5.73 Å². The van der Waals surface area contributed by atoms with Crippen LogP contribution in [0.15, 0.2) is 24.3 Å². The van der Waals surface area contributed by atoms with E-state index in [1.165, 1.54) is 0 Å². The van der Waals surface area contributed by atoms with Crippen LogP contribution in [-0.4, -0.2) is 11.9 Å². The normalized spacial score (nSPS) is 11.5. The van der Waals surface area contributed by atoms with E-state index in [-0.39, 0.29) is 18.4 Å². The Morgan fingerprint density at radius 1 is 1.67 bits per heavy atom. The molecule has 0 aromatic heterocycles. The number of primary amides is 1. The lowest BCUT2D eigenvalue weighted by molar-refractivity contribution is -0.118. The van der Waals surface area contributed by atoms with Crippen molar-refractivity contribution in [3.63, 3.8) is 0 Å². The van der Waals surface area contributed by atoms with Crippen molar-refractivity contribution in [3.8, 4) is 6.07 Å². The molecule has 1 unspecified atom stereocenters. The first-order valence-corrected chi connectivity index (χ1v) is 4.67. The second-order valence-electron chi connectivity index (χ2n) is 3.41. The predicted molar refractivity (Wildman–Crippen MR) is 58.1 cm³/mol. The monoisotopic (exact) mass is 203 g/mol. The molecule has 4 nitrogen and oxygen atoms in total. The number of nitriles is 1. The van der Waals surface area contributed by atoms with Crippen LogP contribution in [0.25, 0.3) is 0 Å². The van der Waals surface area contributed by atoms with Crippen molar-refractivity contribution < 1.29 is 4.79 Å². The van der Waals surface area contributed by atoms with E-state index in [9.17, 15) is 4.79 Å². The molecule has 1 aromatic carbocycles. The van der Waals surface area contributed by atoms with E-state index in [2.05, 4.69) is 5.32 Å². The van der Waals surface area contributed by atoms with Crippen molar-refractivity contribution in [2.75, 3.05) is 5.32 Å². The van der Waals surface area contributed by atoms with Crippen LogP contribution in [-0.2, 0) is 4.79 Å². The lowest BCUT2D eigenvalue weighted by atomic mass is 10.2. The van der Waals surface area contributed by atoms with Crippen LogP contribution in [0, 0.1) is 11.3 Å². The minimum Gasteiger partial charge on any atom is -0.382 e. The van der Waals surface area contributed by atoms with Gasteiger partial charge in [-0.05, 0) is 25.1 Å². The third-order valence-corrected chi connectivity index (χ3v) is 1.91. The summed E-state index contributed by atoms with van der Waals surface area (Å²) in [6.45, 7) is 1.86. The summed E-state index contributed by atoms with van der Waals surface area (Å²) in [6.07, 6.45) is 0.275. The fourth-order valence-electron chi connectivity index (χ4n) is 1.32. The average molecular weight is 203 g/mol. The molecule has 1 amide bonds.